The molecule has 0 aromatic heterocycles. The summed E-state index contributed by atoms with van der Waals surface area (Å²) in [6.45, 7) is 1.75. The van der Waals surface area contributed by atoms with E-state index in [-0.39, 0.29) is 18.8 Å². The summed E-state index contributed by atoms with van der Waals surface area (Å²) in [6, 6.07) is 15.4. The first-order valence-electron chi connectivity index (χ1n) is 10.1. The van der Waals surface area contributed by atoms with Gasteiger partial charge >= 0.3 is 19.7 Å². The molecule has 2 atom stereocenters. The van der Waals surface area contributed by atoms with Crippen molar-refractivity contribution in [2.45, 2.75) is 19.1 Å². The first-order chi connectivity index (χ1) is 15.8. The van der Waals surface area contributed by atoms with Crippen LogP contribution in [0.15, 0.2) is 60.7 Å². The molecule has 0 heterocycles. The standard InChI is InChI=1S/C23H28NO8P/c1-5-31-22(26)23(29-3,17-19-9-7-6-8-10-19)24-33(27,30-4)32-20-14-11-18(12-15-20)13-16-21(25)28-2/h6-16H,5,17H2,1-4H3,(H,24,27)/b16-13+/t23?,33-/m0/s1. The lowest BCUT2D eigenvalue weighted by atomic mass is 10.0. The van der Waals surface area contributed by atoms with Gasteiger partial charge in [-0.3, -0.25) is 4.52 Å². The predicted octanol–water partition coefficient (Wildman–Crippen LogP) is 3.74. The topological polar surface area (TPSA) is 109 Å². The fourth-order valence-corrected chi connectivity index (χ4v) is 4.14. The summed E-state index contributed by atoms with van der Waals surface area (Å²) < 4.78 is 39.4. The fraction of sp³-hybridized carbons (Fsp3) is 0.304. The third-order valence-electron chi connectivity index (χ3n) is 4.53. The van der Waals surface area contributed by atoms with E-state index in [1.807, 2.05) is 18.2 Å². The largest absolute Gasteiger partial charge is 0.466 e. The minimum atomic E-state index is -4.09. The molecule has 2 rings (SSSR count). The van der Waals surface area contributed by atoms with Crippen molar-refractivity contribution < 1.29 is 37.4 Å². The molecule has 2 aromatic carbocycles. The zero-order valence-electron chi connectivity index (χ0n) is 19.0. The third kappa shape index (κ3) is 7.54. The number of ether oxygens (including phenoxy) is 3. The maximum Gasteiger partial charge on any atom is 0.461 e. The number of methoxy groups -OCH3 is 2. The van der Waals surface area contributed by atoms with Crippen LogP contribution in [0.1, 0.15) is 18.1 Å². The second-order valence-electron chi connectivity index (χ2n) is 6.72. The minimum Gasteiger partial charge on any atom is -0.466 e. The van der Waals surface area contributed by atoms with Gasteiger partial charge in [0.2, 0.25) is 5.72 Å². The highest BCUT2D eigenvalue weighted by atomic mass is 31.2. The van der Waals surface area contributed by atoms with Crippen molar-refractivity contribution in [3.63, 3.8) is 0 Å². The van der Waals surface area contributed by atoms with Gasteiger partial charge in [0.15, 0.2) is 0 Å². The number of nitrogens with one attached hydrogen (secondary N) is 1. The molecule has 10 heteroatoms. The molecule has 0 spiro atoms. The van der Waals surface area contributed by atoms with E-state index < -0.39 is 25.4 Å². The maximum atomic E-state index is 13.4. The average Bonchev–Trinajstić information content (AvgIpc) is 2.83. The highest BCUT2D eigenvalue weighted by Gasteiger charge is 2.47. The van der Waals surface area contributed by atoms with E-state index in [1.165, 1.54) is 27.4 Å². The smallest absolute Gasteiger partial charge is 0.461 e. The first-order valence-corrected chi connectivity index (χ1v) is 11.6. The van der Waals surface area contributed by atoms with Crippen LogP contribution in [0.4, 0.5) is 0 Å². The molecule has 0 amide bonds. The predicted molar refractivity (Wildman–Crippen MR) is 122 cm³/mol. The van der Waals surface area contributed by atoms with E-state index in [2.05, 4.69) is 9.82 Å². The van der Waals surface area contributed by atoms with E-state index in [0.29, 0.717) is 5.56 Å². The molecule has 0 bridgehead atoms. The molecule has 33 heavy (non-hydrogen) atoms. The SMILES string of the molecule is CCOC(=O)C(Cc1ccccc1)(N[P@](=O)(OC)Oc1ccc(/C=C/C(=O)OC)cc1)OC. The summed E-state index contributed by atoms with van der Waals surface area (Å²) in [7, 11) is -0.318. The van der Waals surface area contributed by atoms with E-state index in [4.69, 9.17) is 18.5 Å². The Morgan fingerprint density at radius 2 is 1.70 bits per heavy atom. The van der Waals surface area contributed by atoms with Crippen LogP contribution in [0.2, 0.25) is 0 Å². The Labute approximate surface area is 193 Å². The van der Waals surface area contributed by atoms with E-state index in [0.717, 1.165) is 5.56 Å². The average molecular weight is 477 g/mol. The van der Waals surface area contributed by atoms with Crippen LogP contribution < -0.4 is 9.61 Å². The minimum absolute atomic E-state index is 0.0111. The Balaban J connectivity index is 2.28. The Kier molecular flexibility index (Phi) is 9.81. The second kappa shape index (κ2) is 12.3. The molecule has 0 saturated carbocycles. The molecule has 0 fully saturated rings. The summed E-state index contributed by atoms with van der Waals surface area (Å²) >= 11 is 0. The van der Waals surface area contributed by atoms with Gasteiger partial charge in [0.1, 0.15) is 5.75 Å². The van der Waals surface area contributed by atoms with Crippen molar-refractivity contribution in [1.82, 2.24) is 5.09 Å². The molecule has 0 aliphatic rings. The lowest BCUT2D eigenvalue weighted by molar-refractivity contribution is -0.171. The van der Waals surface area contributed by atoms with Crippen molar-refractivity contribution in [2.75, 3.05) is 27.9 Å². The van der Waals surface area contributed by atoms with Gasteiger partial charge in [-0.1, -0.05) is 42.5 Å². The Morgan fingerprint density at radius 3 is 2.24 bits per heavy atom. The molecule has 0 saturated heterocycles. The molecule has 2 aromatic rings. The van der Waals surface area contributed by atoms with Gasteiger partial charge in [0.25, 0.3) is 0 Å². The highest BCUT2D eigenvalue weighted by Crippen LogP contribution is 2.46. The second-order valence-corrected chi connectivity index (χ2v) is 8.49. The third-order valence-corrected chi connectivity index (χ3v) is 6.09. The molecule has 0 aliphatic heterocycles. The van der Waals surface area contributed by atoms with Crippen LogP contribution >= 0.6 is 7.75 Å². The van der Waals surface area contributed by atoms with Gasteiger partial charge < -0.3 is 18.7 Å². The molecule has 178 valence electrons. The number of hydrogen-bond donors (Lipinski definition) is 1. The van der Waals surface area contributed by atoms with Gasteiger partial charge in [0.05, 0.1) is 13.7 Å². The van der Waals surface area contributed by atoms with Gasteiger partial charge in [-0.15, -0.1) is 0 Å². The number of carbonyl (C=O) groups is 2. The fourth-order valence-electron chi connectivity index (χ4n) is 2.83. The van der Waals surface area contributed by atoms with Crippen LogP contribution in [0.25, 0.3) is 6.08 Å². The Bertz CT molecular complexity index is 993. The molecule has 0 aliphatic carbocycles. The summed E-state index contributed by atoms with van der Waals surface area (Å²) in [5.74, 6) is -1.05. The van der Waals surface area contributed by atoms with Gasteiger partial charge in [0, 0.05) is 26.7 Å². The molecule has 0 radical (unpaired) electrons. The molecular formula is C23H28NO8P. The van der Waals surface area contributed by atoms with Crippen molar-refractivity contribution in [3.05, 3.63) is 71.8 Å². The van der Waals surface area contributed by atoms with Crippen molar-refractivity contribution >= 4 is 25.8 Å². The number of hydrogen-bond acceptors (Lipinski definition) is 8. The molecule has 1 unspecified atom stereocenters. The number of rotatable bonds is 12. The summed E-state index contributed by atoms with van der Waals surface area (Å²) in [6.07, 6.45) is 2.84. The lowest BCUT2D eigenvalue weighted by Crippen LogP contribution is -2.55. The van der Waals surface area contributed by atoms with Gasteiger partial charge in [-0.25, -0.2) is 14.2 Å². The monoisotopic (exact) mass is 477 g/mol. The molecular weight excluding hydrogens is 449 g/mol. The van der Waals surface area contributed by atoms with Crippen molar-refractivity contribution in [1.29, 1.82) is 0 Å². The van der Waals surface area contributed by atoms with Crippen LogP contribution in [0.3, 0.4) is 0 Å². The molecule has 9 nitrogen and oxygen atoms in total. The van der Waals surface area contributed by atoms with Gasteiger partial charge in [-0.05, 0) is 36.3 Å². The van der Waals surface area contributed by atoms with Gasteiger partial charge in [-0.2, -0.15) is 5.09 Å². The zero-order valence-corrected chi connectivity index (χ0v) is 19.9. The maximum absolute atomic E-state index is 13.4. The van der Waals surface area contributed by atoms with E-state index >= 15 is 0 Å². The lowest BCUT2D eigenvalue weighted by Gasteiger charge is -2.33. The van der Waals surface area contributed by atoms with Crippen LogP contribution in [-0.2, 0) is 39.3 Å². The number of carbonyl (C=O) groups excluding carboxylic acids is 2. The van der Waals surface area contributed by atoms with Crippen LogP contribution in [-0.4, -0.2) is 45.6 Å². The van der Waals surface area contributed by atoms with Crippen molar-refractivity contribution in [3.8, 4) is 5.75 Å². The Morgan fingerprint density at radius 1 is 1.03 bits per heavy atom. The highest BCUT2D eigenvalue weighted by molar-refractivity contribution is 7.52. The van der Waals surface area contributed by atoms with Crippen molar-refractivity contribution in [2.24, 2.45) is 0 Å². The van der Waals surface area contributed by atoms with Crippen LogP contribution in [0, 0.1) is 0 Å². The summed E-state index contributed by atoms with van der Waals surface area (Å²) in [5.41, 5.74) is -0.398. The normalized spacial score (nSPS) is 14.8. The van der Waals surface area contributed by atoms with E-state index in [9.17, 15) is 14.2 Å². The summed E-state index contributed by atoms with van der Waals surface area (Å²) in [4.78, 5) is 24.1. The number of benzene rings is 2. The van der Waals surface area contributed by atoms with E-state index in [1.54, 1.807) is 49.4 Å². The molecule has 1 N–H and O–H groups in total. The van der Waals surface area contributed by atoms with Crippen LogP contribution in [0.5, 0.6) is 5.75 Å². The zero-order chi connectivity index (χ0) is 24.3. The quantitative estimate of drug-likeness (QED) is 0.212. The first kappa shape index (κ1) is 26.3. The Hall–Kier alpha value is -2.97. The summed E-state index contributed by atoms with van der Waals surface area (Å²) in [5, 5.41) is 2.63. The number of esters is 2.